The molecule has 0 unspecified atom stereocenters. The molecule has 1 aliphatic heterocycles. The molecule has 0 radical (unpaired) electrons. The van der Waals surface area contributed by atoms with E-state index in [1.165, 1.54) is 62.5 Å². The fourth-order valence-electron chi connectivity index (χ4n) is 9.12. The van der Waals surface area contributed by atoms with Gasteiger partial charge in [0.15, 0.2) is 0 Å². The van der Waals surface area contributed by atoms with Crippen LogP contribution in [-0.4, -0.2) is 17.9 Å². The van der Waals surface area contributed by atoms with Crippen LogP contribution in [0.3, 0.4) is 0 Å². The third-order valence-electron chi connectivity index (χ3n) is 10.6. The van der Waals surface area contributed by atoms with Crippen LogP contribution >= 0.6 is 0 Å². The Bertz CT molecular complexity index is 999. The first-order valence-electron chi connectivity index (χ1n) is 13.7. The average molecular weight is 446 g/mol. The number of hydrogen-bond acceptors (Lipinski definition) is 2. The van der Waals surface area contributed by atoms with E-state index in [-0.39, 0.29) is 5.60 Å². The minimum absolute atomic E-state index is 0.0363. The Kier molecular flexibility index (Phi) is 5.05. The molecule has 1 aromatic rings. The molecule has 2 heteroatoms. The molecular formula is C31H43NO. The zero-order valence-electron chi connectivity index (χ0n) is 21.5. The Morgan fingerprint density at radius 1 is 1.00 bits per heavy atom. The number of ether oxygens (including phenoxy) is 1. The smallest absolute Gasteiger partial charge is 0.0646 e. The van der Waals surface area contributed by atoms with Gasteiger partial charge in [-0.15, -0.1) is 0 Å². The maximum atomic E-state index is 6.44. The third kappa shape index (κ3) is 3.49. The number of hydrogen-bond donors (Lipinski definition) is 0. The van der Waals surface area contributed by atoms with Crippen molar-refractivity contribution in [1.82, 2.24) is 0 Å². The van der Waals surface area contributed by atoms with E-state index in [2.05, 4.69) is 70.1 Å². The molecule has 1 heterocycles. The molecule has 0 aromatic heterocycles. The largest absolute Gasteiger partial charge is 0.372 e. The molecule has 3 saturated carbocycles. The Hall–Kier alpha value is -1.41. The maximum absolute atomic E-state index is 6.44. The van der Waals surface area contributed by atoms with E-state index >= 15 is 0 Å². The topological polar surface area (TPSA) is 21.6 Å². The van der Waals surface area contributed by atoms with Crippen LogP contribution in [0.2, 0.25) is 0 Å². The number of benzene rings is 1. The van der Waals surface area contributed by atoms with E-state index in [1.807, 2.05) is 0 Å². The minimum atomic E-state index is -0.0363. The summed E-state index contributed by atoms with van der Waals surface area (Å²) in [5.41, 5.74) is 6.95. The van der Waals surface area contributed by atoms with Crippen molar-refractivity contribution in [3.8, 4) is 0 Å². The predicted molar refractivity (Wildman–Crippen MR) is 137 cm³/mol. The van der Waals surface area contributed by atoms with Crippen LogP contribution in [0.1, 0.15) is 109 Å². The van der Waals surface area contributed by atoms with Crippen LogP contribution in [0.4, 0.5) is 0 Å². The molecular weight excluding hydrogens is 402 g/mol. The van der Waals surface area contributed by atoms with Gasteiger partial charge in [0.05, 0.1) is 18.2 Å². The highest BCUT2D eigenvalue weighted by molar-refractivity contribution is 5.84. The van der Waals surface area contributed by atoms with Gasteiger partial charge in [-0.25, -0.2) is 0 Å². The zero-order chi connectivity index (χ0) is 23.0. The van der Waals surface area contributed by atoms with E-state index in [0.717, 1.165) is 30.2 Å². The standard InChI is InChI=1S/C31H43NO/c1-29(2,3)33-24-12-14-30(4)23(17-24)8-9-25-27-11-10-26(31(27,5)15-13-28(25)30)20-6-7-21-18-32-19-22(21)16-20/h6-8,16,18,24-28H,9-15,17,19H2,1-5H3/t24-,25+,26-,27+,28+,30+,31-/m1/s1. The summed E-state index contributed by atoms with van der Waals surface area (Å²) in [7, 11) is 0. The molecule has 33 heavy (non-hydrogen) atoms. The molecule has 5 aliphatic rings. The lowest BCUT2D eigenvalue weighted by atomic mass is 9.47. The van der Waals surface area contributed by atoms with Crippen molar-refractivity contribution in [2.24, 2.45) is 33.6 Å². The van der Waals surface area contributed by atoms with Gasteiger partial charge in [-0.2, -0.15) is 0 Å². The number of fused-ring (bicyclic) bond motifs is 6. The molecule has 0 saturated heterocycles. The zero-order valence-corrected chi connectivity index (χ0v) is 21.5. The van der Waals surface area contributed by atoms with Gasteiger partial charge in [0, 0.05) is 6.21 Å². The second-order valence-corrected chi connectivity index (χ2v) is 13.5. The van der Waals surface area contributed by atoms with Gasteiger partial charge in [0.2, 0.25) is 0 Å². The lowest BCUT2D eigenvalue weighted by Gasteiger charge is -2.58. The van der Waals surface area contributed by atoms with Gasteiger partial charge in [-0.3, -0.25) is 4.99 Å². The highest BCUT2D eigenvalue weighted by Gasteiger charge is 2.58. The van der Waals surface area contributed by atoms with Crippen LogP contribution in [0, 0.1) is 28.6 Å². The summed E-state index contributed by atoms with van der Waals surface area (Å²) in [6, 6.07) is 7.26. The summed E-state index contributed by atoms with van der Waals surface area (Å²) in [5.74, 6) is 3.35. The van der Waals surface area contributed by atoms with Gasteiger partial charge >= 0.3 is 0 Å². The Labute approximate surface area is 201 Å². The second-order valence-electron chi connectivity index (χ2n) is 13.5. The fourth-order valence-corrected chi connectivity index (χ4v) is 9.12. The molecule has 0 N–H and O–H groups in total. The van der Waals surface area contributed by atoms with Crippen LogP contribution in [0.15, 0.2) is 34.8 Å². The van der Waals surface area contributed by atoms with Crippen molar-refractivity contribution in [3.63, 3.8) is 0 Å². The van der Waals surface area contributed by atoms with Gasteiger partial charge in [-0.1, -0.05) is 43.7 Å². The predicted octanol–water partition coefficient (Wildman–Crippen LogP) is 7.85. The van der Waals surface area contributed by atoms with Gasteiger partial charge < -0.3 is 4.74 Å². The quantitative estimate of drug-likeness (QED) is 0.425. The molecule has 2 nitrogen and oxygen atoms in total. The van der Waals surface area contributed by atoms with Crippen molar-refractivity contribution < 1.29 is 4.74 Å². The molecule has 0 bridgehead atoms. The fraction of sp³-hybridized carbons (Fsp3) is 0.710. The van der Waals surface area contributed by atoms with Crippen LogP contribution in [0.25, 0.3) is 0 Å². The Morgan fingerprint density at radius 3 is 2.67 bits per heavy atom. The Morgan fingerprint density at radius 2 is 1.85 bits per heavy atom. The van der Waals surface area contributed by atoms with Crippen LogP contribution in [-0.2, 0) is 11.3 Å². The normalized spacial score (nSPS) is 41.7. The van der Waals surface area contributed by atoms with E-state index in [0.29, 0.717) is 16.9 Å². The first-order chi connectivity index (χ1) is 15.7. The number of rotatable bonds is 2. The third-order valence-corrected chi connectivity index (χ3v) is 10.6. The highest BCUT2D eigenvalue weighted by Crippen LogP contribution is 2.68. The number of nitrogens with zero attached hydrogens (tertiary/aromatic N) is 1. The van der Waals surface area contributed by atoms with Crippen LogP contribution in [0.5, 0.6) is 0 Å². The van der Waals surface area contributed by atoms with Crippen LogP contribution < -0.4 is 0 Å². The number of aliphatic imine (C=N–C) groups is 1. The van der Waals surface area contributed by atoms with Gasteiger partial charge in [-0.05, 0) is 123 Å². The molecule has 1 aromatic carbocycles. The summed E-state index contributed by atoms with van der Waals surface area (Å²) in [6.07, 6.45) is 15.8. The van der Waals surface area contributed by atoms with E-state index < -0.39 is 0 Å². The summed E-state index contributed by atoms with van der Waals surface area (Å²) in [5, 5.41) is 0. The molecule has 6 rings (SSSR count). The summed E-state index contributed by atoms with van der Waals surface area (Å²) in [6.45, 7) is 12.8. The van der Waals surface area contributed by atoms with Crippen molar-refractivity contribution in [2.45, 2.75) is 110 Å². The van der Waals surface area contributed by atoms with Crippen molar-refractivity contribution in [2.75, 3.05) is 0 Å². The van der Waals surface area contributed by atoms with Gasteiger partial charge in [0.25, 0.3) is 0 Å². The molecule has 4 aliphatic carbocycles. The lowest BCUT2D eigenvalue weighted by Crippen LogP contribution is -2.50. The maximum Gasteiger partial charge on any atom is 0.0646 e. The number of allylic oxidation sites excluding steroid dienone is 1. The summed E-state index contributed by atoms with van der Waals surface area (Å²) >= 11 is 0. The lowest BCUT2D eigenvalue weighted by molar-refractivity contribution is -0.0922. The summed E-state index contributed by atoms with van der Waals surface area (Å²) in [4.78, 5) is 4.50. The SMILES string of the molecule is CC(C)(C)O[C@@H]1CC[C@@]2(C)C(=CC[C@H]3[C@@H]4CC[C@H](c5ccc6c(c5)CN=C6)[C@@]4(C)CC[C@@H]32)C1. The molecule has 3 fully saturated rings. The van der Waals surface area contributed by atoms with Crippen molar-refractivity contribution >= 4 is 6.21 Å². The highest BCUT2D eigenvalue weighted by atomic mass is 16.5. The first kappa shape index (κ1) is 22.1. The molecule has 7 atom stereocenters. The monoisotopic (exact) mass is 445 g/mol. The van der Waals surface area contributed by atoms with Gasteiger partial charge in [0.1, 0.15) is 0 Å². The average Bonchev–Trinajstić information content (AvgIpc) is 3.36. The van der Waals surface area contributed by atoms with E-state index in [4.69, 9.17) is 4.74 Å². The van der Waals surface area contributed by atoms with E-state index in [9.17, 15) is 0 Å². The van der Waals surface area contributed by atoms with E-state index in [1.54, 1.807) is 11.1 Å². The molecule has 178 valence electrons. The Balaban J connectivity index is 1.24. The molecule has 0 amide bonds. The first-order valence-corrected chi connectivity index (χ1v) is 13.7. The van der Waals surface area contributed by atoms with Crippen molar-refractivity contribution in [1.29, 1.82) is 0 Å². The minimum Gasteiger partial charge on any atom is -0.372 e. The second kappa shape index (κ2) is 7.54. The summed E-state index contributed by atoms with van der Waals surface area (Å²) < 4.78 is 6.44. The molecule has 0 spiro atoms. The van der Waals surface area contributed by atoms with Crippen molar-refractivity contribution in [3.05, 3.63) is 46.5 Å².